The average Bonchev–Trinajstić information content (AvgIpc) is 3.17. The lowest BCUT2D eigenvalue weighted by Crippen LogP contribution is -2.09. The molecule has 0 fully saturated rings. The fraction of sp³-hybridized carbons (Fsp3) is 0.235. The van der Waals surface area contributed by atoms with Crippen molar-refractivity contribution in [3.63, 3.8) is 0 Å². The first-order chi connectivity index (χ1) is 11.1. The number of carbonyl (C=O) groups is 1. The van der Waals surface area contributed by atoms with E-state index >= 15 is 0 Å². The predicted octanol–water partition coefficient (Wildman–Crippen LogP) is 2.78. The van der Waals surface area contributed by atoms with Crippen LogP contribution in [0.2, 0.25) is 0 Å². The first-order valence-corrected chi connectivity index (χ1v) is 7.28. The van der Waals surface area contributed by atoms with E-state index in [0.717, 1.165) is 16.7 Å². The highest BCUT2D eigenvalue weighted by Gasteiger charge is 2.19. The monoisotopic (exact) mass is 311 g/mol. The summed E-state index contributed by atoms with van der Waals surface area (Å²) in [5.41, 5.74) is 3.14. The molecular formula is C17H17N3O3. The Labute approximate surface area is 133 Å². The predicted molar refractivity (Wildman–Crippen MR) is 83.9 cm³/mol. The first-order valence-electron chi connectivity index (χ1n) is 7.28. The van der Waals surface area contributed by atoms with Crippen molar-refractivity contribution >= 4 is 5.97 Å². The van der Waals surface area contributed by atoms with Crippen LogP contribution < -0.4 is 0 Å². The summed E-state index contributed by atoms with van der Waals surface area (Å²) in [6.07, 6.45) is 5.51. The zero-order chi connectivity index (χ0) is 16.2. The van der Waals surface area contributed by atoms with Crippen molar-refractivity contribution in [1.82, 2.24) is 14.8 Å². The van der Waals surface area contributed by atoms with Crippen LogP contribution in [0.4, 0.5) is 0 Å². The minimum absolute atomic E-state index is 0.194. The molecule has 0 spiro atoms. The van der Waals surface area contributed by atoms with Gasteiger partial charge in [-0.25, -0.2) is 9.78 Å². The highest BCUT2D eigenvalue weighted by Crippen LogP contribution is 2.24. The maximum Gasteiger partial charge on any atom is 0.361 e. The average molecular weight is 311 g/mol. The van der Waals surface area contributed by atoms with Crippen LogP contribution in [0.3, 0.4) is 0 Å². The number of hydrogen-bond acceptors (Lipinski definition) is 5. The third kappa shape index (κ3) is 3.48. The van der Waals surface area contributed by atoms with Crippen molar-refractivity contribution in [1.29, 1.82) is 0 Å². The van der Waals surface area contributed by atoms with E-state index in [1.165, 1.54) is 6.39 Å². The Morgan fingerprint density at radius 1 is 1.30 bits per heavy atom. The van der Waals surface area contributed by atoms with Crippen LogP contribution in [-0.4, -0.2) is 27.3 Å². The number of benzene rings is 1. The number of aryl methyl sites for hydroxylation is 2. The summed E-state index contributed by atoms with van der Waals surface area (Å²) in [4.78, 5) is 16.2. The summed E-state index contributed by atoms with van der Waals surface area (Å²) in [6, 6.07) is 7.69. The quantitative estimate of drug-likeness (QED) is 0.678. The van der Waals surface area contributed by atoms with Gasteiger partial charge in [-0.15, -0.1) is 0 Å². The van der Waals surface area contributed by atoms with Gasteiger partial charge in [-0.1, -0.05) is 29.8 Å². The zero-order valence-electron chi connectivity index (χ0n) is 13.0. The molecule has 0 aliphatic rings. The number of esters is 1. The molecule has 1 aromatic carbocycles. The molecule has 118 valence electrons. The largest absolute Gasteiger partial charge is 0.461 e. The fourth-order valence-corrected chi connectivity index (χ4v) is 2.23. The highest BCUT2D eigenvalue weighted by atomic mass is 16.5. The van der Waals surface area contributed by atoms with Gasteiger partial charge in [-0.3, -0.25) is 4.68 Å². The topological polar surface area (TPSA) is 70.2 Å². The van der Waals surface area contributed by atoms with Crippen molar-refractivity contribution < 1.29 is 13.9 Å². The molecule has 0 bridgehead atoms. The van der Waals surface area contributed by atoms with E-state index in [9.17, 15) is 4.79 Å². The van der Waals surface area contributed by atoms with Gasteiger partial charge in [0.25, 0.3) is 0 Å². The van der Waals surface area contributed by atoms with Gasteiger partial charge < -0.3 is 9.15 Å². The van der Waals surface area contributed by atoms with E-state index in [0.29, 0.717) is 12.2 Å². The lowest BCUT2D eigenvalue weighted by atomic mass is 10.1. The van der Waals surface area contributed by atoms with Crippen LogP contribution in [0.15, 0.2) is 47.5 Å². The number of ether oxygens (including phenoxy) is 1. The van der Waals surface area contributed by atoms with E-state index in [1.807, 2.05) is 44.4 Å². The van der Waals surface area contributed by atoms with Crippen LogP contribution in [-0.2, 0) is 18.2 Å². The number of hydrogen-bond donors (Lipinski definition) is 0. The number of nitrogens with zero attached hydrogens (tertiary/aromatic N) is 3. The van der Waals surface area contributed by atoms with E-state index in [4.69, 9.17) is 9.15 Å². The molecule has 6 heteroatoms. The smallest absolute Gasteiger partial charge is 0.361 e. The molecule has 0 amide bonds. The Hall–Kier alpha value is -2.89. The molecule has 0 saturated heterocycles. The van der Waals surface area contributed by atoms with Crippen molar-refractivity contribution in [2.24, 2.45) is 7.05 Å². The highest BCUT2D eigenvalue weighted by molar-refractivity contribution is 5.93. The lowest BCUT2D eigenvalue weighted by molar-refractivity contribution is 0.0503. The van der Waals surface area contributed by atoms with Crippen molar-refractivity contribution in [3.05, 3.63) is 59.9 Å². The Morgan fingerprint density at radius 2 is 2.09 bits per heavy atom. The molecule has 0 aliphatic heterocycles. The molecule has 0 unspecified atom stereocenters. The number of oxazole rings is 1. The van der Waals surface area contributed by atoms with Crippen LogP contribution in [0.25, 0.3) is 11.3 Å². The van der Waals surface area contributed by atoms with Gasteiger partial charge in [0, 0.05) is 25.2 Å². The van der Waals surface area contributed by atoms with Crippen LogP contribution in [0, 0.1) is 6.92 Å². The summed E-state index contributed by atoms with van der Waals surface area (Å²) < 4.78 is 12.4. The number of rotatable bonds is 5. The molecule has 6 nitrogen and oxygen atoms in total. The third-order valence-electron chi connectivity index (χ3n) is 3.46. The van der Waals surface area contributed by atoms with Gasteiger partial charge in [-0.2, -0.15) is 5.10 Å². The van der Waals surface area contributed by atoms with Gasteiger partial charge in [0.05, 0.1) is 12.8 Å². The molecular weight excluding hydrogens is 294 g/mol. The Bertz CT molecular complexity index is 803. The molecule has 0 atom stereocenters. The molecule has 3 rings (SSSR count). The van der Waals surface area contributed by atoms with E-state index in [-0.39, 0.29) is 12.3 Å². The van der Waals surface area contributed by atoms with Crippen LogP contribution in [0.5, 0.6) is 0 Å². The molecule has 0 N–H and O–H groups in total. The second kappa shape index (κ2) is 6.48. The number of aromatic nitrogens is 3. The SMILES string of the molecule is Cc1ccc(-c2ocnc2C(=O)OCCc2cnn(C)c2)cc1. The van der Waals surface area contributed by atoms with Gasteiger partial charge >= 0.3 is 5.97 Å². The van der Waals surface area contributed by atoms with Crippen molar-refractivity contribution in [2.45, 2.75) is 13.3 Å². The maximum atomic E-state index is 12.2. The van der Waals surface area contributed by atoms with Gasteiger partial charge in [0.1, 0.15) is 0 Å². The van der Waals surface area contributed by atoms with E-state index in [2.05, 4.69) is 10.1 Å². The van der Waals surface area contributed by atoms with Gasteiger partial charge in [0.2, 0.25) is 0 Å². The number of carbonyl (C=O) groups excluding carboxylic acids is 1. The Morgan fingerprint density at radius 3 is 2.78 bits per heavy atom. The molecule has 0 aliphatic carbocycles. The third-order valence-corrected chi connectivity index (χ3v) is 3.46. The standard InChI is InChI=1S/C17H17N3O3/c1-12-3-5-14(6-4-12)16-15(18-11-23-16)17(21)22-8-7-13-9-19-20(2)10-13/h3-6,9-11H,7-8H2,1-2H3. The fourth-order valence-electron chi connectivity index (χ4n) is 2.23. The second-order valence-electron chi connectivity index (χ2n) is 5.30. The van der Waals surface area contributed by atoms with Crippen molar-refractivity contribution in [3.8, 4) is 11.3 Å². The molecule has 0 saturated carbocycles. The first kappa shape index (κ1) is 15.0. The van der Waals surface area contributed by atoms with Gasteiger partial charge in [0.15, 0.2) is 17.8 Å². The normalized spacial score (nSPS) is 10.7. The summed E-state index contributed by atoms with van der Waals surface area (Å²) >= 11 is 0. The summed E-state index contributed by atoms with van der Waals surface area (Å²) in [5.74, 6) is -0.0606. The van der Waals surface area contributed by atoms with E-state index < -0.39 is 5.97 Å². The molecule has 3 aromatic rings. The molecule has 23 heavy (non-hydrogen) atoms. The van der Waals surface area contributed by atoms with Crippen molar-refractivity contribution in [2.75, 3.05) is 6.61 Å². The Balaban J connectivity index is 1.66. The molecule has 2 aromatic heterocycles. The summed E-state index contributed by atoms with van der Waals surface area (Å²) in [6.45, 7) is 2.27. The zero-order valence-corrected chi connectivity index (χ0v) is 13.0. The molecule has 2 heterocycles. The minimum atomic E-state index is -0.488. The van der Waals surface area contributed by atoms with E-state index in [1.54, 1.807) is 10.9 Å². The van der Waals surface area contributed by atoms with Crippen LogP contribution in [0.1, 0.15) is 21.6 Å². The Kier molecular flexibility index (Phi) is 4.23. The van der Waals surface area contributed by atoms with Gasteiger partial charge in [-0.05, 0) is 12.5 Å². The summed E-state index contributed by atoms with van der Waals surface area (Å²) in [7, 11) is 1.85. The maximum absolute atomic E-state index is 12.2. The lowest BCUT2D eigenvalue weighted by Gasteiger charge is -2.04. The minimum Gasteiger partial charge on any atom is -0.461 e. The second-order valence-corrected chi connectivity index (χ2v) is 5.30. The van der Waals surface area contributed by atoms with Crippen LogP contribution >= 0.6 is 0 Å². The summed E-state index contributed by atoms with van der Waals surface area (Å²) in [5, 5.41) is 4.07. The molecule has 0 radical (unpaired) electrons.